The summed E-state index contributed by atoms with van der Waals surface area (Å²) in [5, 5.41) is 8.88. The first kappa shape index (κ1) is 12.2. The number of hydrogen-bond acceptors (Lipinski definition) is 3. The Hall–Kier alpha value is -0.900. The second-order valence-corrected chi connectivity index (χ2v) is 5.01. The van der Waals surface area contributed by atoms with E-state index in [-0.39, 0.29) is 6.42 Å². The molecule has 0 saturated heterocycles. The van der Waals surface area contributed by atoms with Gasteiger partial charge in [-0.15, -0.1) is 0 Å². The molecule has 0 fully saturated rings. The molecule has 1 unspecified atom stereocenters. The van der Waals surface area contributed by atoms with Crippen LogP contribution in [0.3, 0.4) is 0 Å². The van der Waals surface area contributed by atoms with E-state index in [1.54, 1.807) is 18.0 Å². The third kappa shape index (κ3) is 4.42. The van der Waals surface area contributed by atoms with Gasteiger partial charge in [-0.05, 0) is 25.0 Å². The molecule has 1 N–H and O–H groups in total. The lowest BCUT2D eigenvalue weighted by atomic mass is 10.2. The summed E-state index contributed by atoms with van der Waals surface area (Å²) in [6, 6.07) is 1.94. The minimum Gasteiger partial charge on any atom is -0.481 e. The van der Waals surface area contributed by atoms with Gasteiger partial charge in [0.05, 0.1) is 12.0 Å². The van der Waals surface area contributed by atoms with Crippen molar-refractivity contribution in [2.24, 2.45) is 0 Å². The quantitative estimate of drug-likeness (QED) is 0.813. The van der Waals surface area contributed by atoms with E-state index in [0.717, 1.165) is 17.1 Å². The van der Waals surface area contributed by atoms with Crippen molar-refractivity contribution in [1.29, 1.82) is 0 Å². The van der Waals surface area contributed by atoms with Crippen molar-refractivity contribution in [3.63, 3.8) is 0 Å². The average Bonchev–Trinajstić information content (AvgIpc) is 2.58. The Morgan fingerprint density at radius 1 is 1.67 bits per heavy atom. The molecule has 1 aromatic rings. The van der Waals surface area contributed by atoms with Gasteiger partial charge in [-0.1, -0.05) is 6.92 Å². The van der Waals surface area contributed by atoms with Crippen molar-refractivity contribution in [3.8, 4) is 0 Å². The lowest BCUT2D eigenvalue weighted by Gasteiger charge is -2.08. The maximum atomic E-state index is 10.4. The number of carbonyl (C=O) groups is 1. The normalized spacial score (nSPS) is 12.7. The van der Waals surface area contributed by atoms with Gasteiger partial charge in [0, 0.05) is 11.7 Å². The summed E-state index contributed by atoms with van der Waals surface area (Å²) < 4.78 is 5.30. The fourth-order valence-electron chi connectivity index (χ4n) is 1.18. The molecule has 1 atom stereocenters. The van der Waals surface area contributed by atoms with Crippen LogP contribution in [-0.2, 0) is 10.5 Å². The molecule has 0 aliphatic carbocycles. The van der Waals surface area contributed by atoms with E-state index in [1.807, 2.05) is 19.9 Å². The van der Waals surface area contributed by atoms with E-state index in [4.69, 9.17) is 9.52 Å². The highest BCUT2D eigenvalue weighted by Gasteiger charge is 2.08. The molecule has 4 heteroatoms. The van der Waals surface area contributed by atoms with Crippen molar-refractivity contribution in [2.45, 2.75) is 37.7 Å². The standard InChI is InChI=1S/C11H16O3S/c1-8-5-6-14-10(8)7-15-9(2)3-4-11(12)13/h5-6,9H,3-4,7H2,1-2H3,(H,12,13). The maximum absolute atomic E-state index is 10.4. The highest BCUT2D eigenvalue weighted by molar-refractivity contribution is 7.99. The number of rotatable bonds is 6. The first-order valence-corrected chi connectivity index (χ1v) is 6.01. The molecule has 0 saturated carbocycles. The predicted octanol–water partition coefficient (Wildman–Crippen LogP) is 3.07. The number of thioether (sulfide) groups is 1. The lowest BCUT2D eigenvalue weighted by Crippen LogP contribution is -2.02. The van der Waals surface area contributed by atoms with Gasteiger partial charge in [0.2, 0.25) is 0 Å². The minimum absolute atomic E-state index is 0.241. The van der Waals surface area contributed by atoms with Crippen molar-refractivity contribution in [2.75, 3.05) is 0 Å². The smallest absolute Gasteiger partial charge is 0.303 e. The van der Waals surface area contributed by atoms with Crippen LogP contribution in [0.25, 0.3) is 0 Å². The van der Waals surface area contributed by atoms with Crippen LogP contribution in [-0.4, -0.2) is 16.3 Å². The summed E-state index contributed by atoms with van der Waals surface area (Å²) in [5.41, 5.74) is 1.16. The first-order chi connectivity index (χ1) is 7.09. The molecule has 3 nitrogen and oxygen atoms in total. The largest absolute Gasteiger partial charge is 0.481 e. The molecular formula is C11H16O3S. The molecule has 84 valence electrons. The molecule has 0 aromatic carbocycles. The molecule has 1 aromatic heterocycles. The molecule has 0 spiro atoms. The summed E-state index contributed by atoms with van der Waals surface area (Å²) in [6.07, 6.45) is 2.64. The van der Waals surface area contributed by atoms with Crippen LogP contribution in [0.2, 0.25) is 0 Å². The molecule has 1 rings (SSSR count). The van der Waals surface area contributed by atoms with Crippen molar-refractivity contribution in [1.82, 2.24) is 0 Å². The molecular weight excluding hydrogens is 212 g/mol. The van der Waals surface area contributed by atoms with E-state index < -0.39 is 5.97 Å². The van der Waals surface area contributed by atoms with Gasteiger partial charge in [-0.3, -0.25) is 4.79 Å². The van der Waals surface area contributed by atoms with Gasteiger partial charge in [0.25, 0.3) is 0 Å². The van der Waals surface area contributed by atoms with E-state index in [0.29, 0.717) is 11.7 Å². The topological polar surface area (TPSA) is 50.4 Å². The number of aryl methyl sites for hydroxylation is 1. The molecule has 0 aliphatic heterocycles. The summed E-state index contributed by atoms with van der Waals surface area (Å²) in [4.78, 5) is 10.4. The summed E-state index contributed by atoms with van der Waals surface area (Å²) >= 11 is 1.73. The van der Waals surface area contributed by atoms with E-state index in [2.05, 4.69) is 0 Å². The Labute approximate surface area is 93.9 Å². The predicted molar refractivity (Wildman–Crippen MR) is 61.1 cm³/mol. The molecule has 0 radical (unpaired) electrons. The summed E-state index contributed by atoms with van der Waals surface area (Å²) in [7, 11) is 0. The van der Waals surface area contributed by atoms with Gasteiger partial charge in [0.15, 0.2) is 0 Å². The summed E-state index contributed by atoms with van der Waals surface area (Å²) in [5.74, 6) is 1.08. The summed E-state index contributed by atoms with van der Waals surface area (Å²) in [6.45, 7) is 4.06. The molecule has 15 heavy (non-hydrogen) atoms. The van der Waals surface area contributed by atoms with Gasteiger partial charge in [0.1, 0.15) is 5.76 Å². The minimum atomic E-state index is -0.725. The van der Waals surface area contributed by atoms with E-state index in [1.165, 1.54) is 0 Å². The Morgan fingerprint density at radius 2 is 2.40 bits per heavy atom. The number of carboxylic acid groups (broad SMARTS) is 1. The zero-order chi connectivity index (χ0) is 11.3. The van der Waals surface area contributed by atoms with E-state index >= 15 is 0 Å². The van der Waals surface area contributed by atoms with Gasteiger partial charge < -0.3 is 9.52 Å². The van der Waals surface area contributed by atoms with E-state index in [9.17, 15) is 4.79 Å². The van der Waals surface area contributed by atoms with Crippen LogP contribution in [0.5, 0.6) is 0 Å². The third-order valence-corrected chi connectivity index (χ3v) is 3.47. The Morgan fingerprint density at radius 3 is 2.93 bits per heavy atom. The van der Waals surface area contributed by atoms with Crippen LogP contribution in [0.4, 0.5) is 0 Å². The number of carboxylic acids is 1. The highest BCUT2D eigenvalue weighted by atomic mass is 32.2. The molecule has 0 amide bonds. The average molecular weight is 228 g/mol. The van der Waals surface area contributed by atoms with Crippen LogP contribution >= 0.6 is 11.8 Å². The second-order valence-electron chi connectivity index (χ2n) is 3.58. The number of aliphatic carboxylic acids is 1. The third-order valence-electron chi connectivity index (χ3n) is 2.23. The van der Waals surface area contributed by atoms with Crippen LogP contribution in [0.1, 0.15) is 31.1 Å². The van der Waals surface area contributed by atoms with Gasteiger partial charge in [-0.2, -0.15) is 11.8 Å². The van der Waals surface area contributed by atoms with Crippen molar-refractivity contribution >= 4 is 17.7 Å². The van der Waals surface area contributed by atoms with Crippen molar-refractivity contribution in [3.05, 3.63) is 23.7 Å². The van der Waals surface area contributed by atoms with Crippen LogP contribution < -0.4 is 0 Å². The Balaban J connectivity index is 2.25. The second kappa shape index (κ2) is 5.85. The van der Waals surface area contributed by atoms with Gasteiger partial charge >= 0.3 is 5.97 Å². The Kier molecular flexibility index (Phi) is 4.75. The fourth-order valence-corrected chi connectivity index (χ4v) is 2.20. The fraction of sp³-hybridized carbons (Fsp3) is 0.545. The lowest BCUT2D eigenvalue weighted by molar-refractivity contribution is -0.137. The van der Waals surface area contributed by atoms with Crippen molar-refractivity contribution < 1.29 is 14.3 Å². The molecule has 1 heterocycles. The first-order valence-electron chi connectivity index (χ1n) is 4.96. The number of hydrogen-bond donors (Lipinski definition) is 1. The van der Waals surface area contributed by atoms with Crippen LogP contribution in [0, 0.1) is 6.92 Å². The zero-order valence-electron chi connectivity index (χ0n) is 9.03. The van der Waals surface area contributed by atoms with Crippen LogP contribution in [0.15, 0.2) is 16.7 Å². The SMILES string of the molecule is Cc1ccoc1CSC(C)CCC(=O)O. The maximum Gasteiger partial charge on any atom is 0.303 e. The molecule has 0 bridgehead atoms. The monoisotopic (exact) mass is 228 g/mol. The highest BCUT2D eigenvalue weighted by Crippen LogP contribution is 2.23. The zero-order valence-corrected chi connectivity index (χ0v) is 9.84. The Bertz CT molecular complexity index is 319. The number of furan rings is 1. The van der Waals surface area contributed by atoms with Gasteiger partial charge in [-0.25, -0.2) is 0 Å². The molecule has 0 aliphatic rings.